The van der Waals surface area contributed by atoms with Crippen LogP contribution in [-0.2, 0) is 18.3 Å². The second kappa shape index (κ2) is 6.98. The van der Waals surface area contributed by atoms with Crippen molar-refractivity contribution >= 4 is 0 Å². The number of ether oxygens (including phenoxy) is 1. The summed E-state index contributed by atoms with van der Waals surface area (Å²) in [7, 11) is 4.02. The Kier molecular flexibility index (Phi) is 4.96. The molecule has 0 radical (unpaired) electrons. The van der Waals surface area contributed by atoms with E-state index in [-0.39, 0.29) is 5.41 Å². The van der Waals surface area contributed by atoms with Gasteiger partial charge in [-0.15, -0.1) is 0 Å². The molecule has 1 aliphatic rings. The Balaban J connectivity index is 1.71. The molecule has 0 amide bonds. The number of likely N-dealkylation sites (N-methyl/N-ethyl adjacent to an activating group) is 1. The number of methoxy groups -OCH3 is 1. The van der Waals surface area contributed by atoms with Gasteiger partial charge in [-0.1, -0.05) is 50.2 Å². The number of fused-ring (bicyclic) bond motifs is 1. The van der Waals surface area contributed by atoms with Crippen molar-refractivity contribution in [2.75, 3.05) is 20.7 Å². The van der Waals surface area contributed by atoms with Crippen LogP contribution in [0, 0.1) is 0 Å². The van der Waals surface area contributed by atoms with Crippen LogP contribution >= 0.6 is 0 Å². The monoisotopic (exact) mass is 323 g/mol. The van der Waals surface area contributed by atoms with E-state index in [1.165, 1.54) is 23.1 Å². The minimum absolute atomic E-state index is 0.188. The van der Waals surface area contributed by atoms with Crippen LogP contribution in [0.25, 0.3) is 0 Å². The highest BCUT2D eigenvalue weighted by molar-refractivity contribution is 5.42. The molecule has 0 fully saturated rings. The normalized spacial score (nSPS) is 19.1. The number of hydrogen-bond acceptors (Lipinski definition) is 2. The lowest BCUT2D eigenvalue weighted by atomic mass is 9.70. The summed E-state index contributed by atoms with van der Waals surface area (Å²) >= 11 is 0. The molecular formula is C22H29NO. The first-order valence-electron chi connectivity index (χ1n) is 8.91. The number of hydrogen-bond donors (Lipinski definition) is 0. The third-order valence-corrected chi connectivity index (χ3v) is 5.47. The lowest BCUT2D eigenvalue weighted by Crippen LogP contribution is -2.43. The SMILES string of the molecule is COc1ccc2c(c1)C(C)(C)CC(N(C)CCc1ccccc1)C2. The van der Waals surface area contributed by atoms with E-state index in [4.69, 9.17) is 4.74 Å². The fraction of sp³-hybridized carbons (Fsp3) is 0.455. The molecule has 2 heteroatoms. The maximum atomic E-state index is 5.43. The summed E-state index contributed by atoms with van der Waals surface area (Å²) in [6.45, 7) is 5.83. The quantitative estimate of drug-likeness (QED) is 0.805. The van der Waals surface area contributed by atoms with Gasteiger partial charge in [0.1, 0.15) is 5.75 Å². The summed E-state index contributed by atoms with van der Waals surface area (Å²) in [5.74, 6) is 0.970. The van der Waals surface area contributed by atoms with Crippen LogP contribution in [0.2, 0.25) is 0 Å². The van der Waals surface area contributed by atoms with Crippen LogP contribution in [0.5, 0.6) is 5.75 Å². The molecule has 0 bridgehead atoms. The van der Waals surface area contributed by atoms with Crippen molar-refractivity contribution in [1.82, 2.24) is 4.90 Å². The molecule has 1 atom stereocenters. The van der Waals surface area contributed by atoms with Crippen LogP contribution in [-0.4, -0.2) is 31.6 Å². The molecule has 128 valence electrons. The Morgan fingerprint density at radius 3 is 2.58 bits per heavy atom. The molecule has 0 aromatic heterocycles. The Morgan fingerprint density at radius 2 is 1.88 bits per heavy atom. The van der Waals surface area contributed by atoms with Crippen molar-refractivity contribution in [3.8, 4) is 5.75 Å². The Hall–Kier alpha value is -1.80. The standard InChI is InChI=1S/C22H29NO/c1-22(2)16-19(14-18-10-11-20(24-4)15-21(18)22)23(3)13-12-17-8-6-5-7-9-17/h5-11,15,19H,12-14,16H2,1-4H3. The van der Waals surface area contributed by atoms with Gasteiger partial charge in [0.05, 0.1) is 7.11 Å². The van der Waals surface area contributed by atoms with E-state index in [1.54, 1.807) is 7.11 Å². The molecule has 24 heavy (non-hydrogen) atoms. The van der Waals surface area contributed by atoms with Gasteiger partial charge in [-0.05, 0) is 60.5 Å². The molecule has 1 unspecified atom stereocenters. The van der Waals surface area contributed by atoms with E-state index in [1.807, 2.05) is 0 Å². The van der Waals surface area contributed by atoms with Crippen LogP contribution in [0.1, 0.15) is 37.0 Å². The van der Waals surface area contributed by atoms with Crippen LogP contribution in [0.4, 0.5) is 0 Å². The molecule has 2 aromatic rings. The summed E-state index contributed by atoms with van der Waals surface area (Å²) in [5, 5.41) is 0. The summed E-state index contributed by atoms with van der Waals surface area (Å²) in [5.41, 5.74) is 4.54. The third kappa shape index (κ3) is 3.64. The number of benzene rings is 2. The van der Waals surface area contributed by atoms with Gasteiger partial charge in [-0.3, -0.25) is 0 Å². The first-order valence-corrected chi connectivity index (χ1v) is 8.91. The Labute approximate surface area is 146 Å². The maximum absolute atomic E-state index is 5.43. The minimum atomic E-state index is 0.188. The van der Waals surface area contributed by atoms with Gasteiger partial charge in [0.15, 0.2) is 0 Å². The van der Waals surface area contributed by atoms with E-state index in [0.29, 0.717) is 6.04 Å². The van der Waals surface area contributed by atoms with Gasteiger partial charge in [-0.2, -0.15) is 0 Å². The first kappa shape index (κ1) is 17.0. The fourth-order valence-corrected chi connectivity index (χ4v) is 3.96. The molecule has 3 rings (SSSR count). The van der Waals surface area contributed by atoms with Crippen molar-refractivity contribution in [2.24, 2.45) is 0 Å². The maximum Gasteiger partial charge on any atom is 0.119 e. The lowest BCUT2D eigenvalue weighted by molar-refractivity contribution is 0.188. The molecule has 0 saturated heterocycles. The van der Waals surface area contributed by atoms with Crippen molar-refractivity contribution in [2.45, 2.75) is 44.6 Å². The highest BCUT2D eigenvalue weighted by Gasteiger charge is 2.34. The predicted molar refractivity (Wildman–Crippen MR) is 101 cm³/mol. The van der Waals surface area contributed by atoms with Gasteiger partial charge >= 0.3 is 0 Å². The van der Waals surface area contributed by atoms with Gasteiger partial charge in [0.2, 0.25) is 0 Å². The molecule has 1 aliphatic carbocycles. The van der Waals surface area contributed by atoms with E-state index >= 15 is 0 Å². The third-order valence-electron chi connectivity index (χ3n) is 5.47. The van der Waals surface area contributed by atoms with E-state index in [0.717, 1.165) is 25.1 Å². The zero-order valence-corrected chi connectivity index (χ0v) is 15.4. The van der Waals surface area contributed by atoms with Crippen molar-refractivity contribution < 1.29 is 4.74 Å². The van der Waals surface area contributed by atoms with E-state index < -0.39 is 0 Å². The Bertz CT molecular complexity index is 678. The predicted octanol–water partition coefficient (Wildman–Crippen LogP) is 4.46. The molecule has 0 saturated carbocycles. The van der Waals surface area contributed by atoms with E-state index in [9.17, 15) is 0 Å². The van der Waals surface area contributed by atoms with Gasteiger partial charge in [-0.25, -0.2) is 0 Å². The first-order chi connectivity index (χ1) is 11.5. The molecular weight excluding hydrogens is 294 g/mol. The van der Waals surface area contributed by atoms with E-state index in [2.05, 4.69) is 74.3 Å². The molecule has 2 aromatic carbocycles. The summed E-state index contributed by atoms with van der Waals surface area (Å²) in [6.07, 6.45) is 3.44. The largest absolute Gasteiger partial charge is 0.497 e. The molecule has 0 aliphatic heterocycles. The minimum Gasteiger partial charge on any atom is -0.497 e. The van der Waals surface area contributed by atoms with Gasteiger partial charge < -0.3 is 9.64 Å². The van der Waals surface area contributed by atoms with Gasteiger partial charge in [0, 0.05) is 12.6 Å². The summed E-state index contributed by atoms with van der Waals surface area (Å²) < 4.78 is 5.43. The van der Waals surface area contributed by atoms with Crippen molar-refractivity contribution in [1.29, 1.82) is 0 Å². The molecule has 0 N–H and O–H groups in total. The average Bonchev–Trinajstić information content (AvgIpc) is 2.59. The Morgan fingerprint density at radius 1 is 1.12 bits per heavy atom. The fourth-order valence-electron chi connectivity index (χ4n) is 3.96. The smallest absolute Gasteiger partial charge is 0.119 e. The van der Waals surface area contributed by atoms with Crippen LogP contribution in [0.15, 0.2) is 48.5 Å². The average molecular weight is 323 g/mol. The summed E-state index contributed by atoms with van der Waals surface area (Å²) in [4.78, 5) is 2.54. The zero-order valence-electron chi connectivity index (χ0n) is 15.4. The number of rotatable bonds is 5. The van der Waals surface area contributed by atoms with Crippen molar-refractivity contribution in [3.63, 3.8) is 0 Å². The number of nitrogens with zero attached hydrogens (tertiary/aromatic N) is 1. The molecule has 0 spiro atoms. The zero-order chi connectivity index (χ0) is 17.2. The summed E-state index contributed by atoms with van der Waals surface area (Å²) in [6, 6.07) is 18.0. The van der Waals surface area contributed by atoms with Gasteiger partial charge in [0.25, 0.3) is 0 Å². The highest BCUT2D eigenvalue weighted by atomic mass is 16.5. The lowest BCUT2D eigenvalue weighted by Gasteiger charge is -2.41. The second-order valence-corrected chi connectivity index (χ2v) is 7.69. The highest BCUT2D eigenvalue weighted by Crippen LogP contribution is 2.39. The van der Waals surface area contributed by atoms with Crippen LogP contribution in [0.3, 0.4) is 0 Å². The second-order valence-electron chi connectivity index (χ2n) is 7.69. The van der Waals surface area contributed by atoms with Crippen molar-refractivity contribution in [3.05, 3.63) is 65.2 Å². The molecule has 2 nitrogen and oxygen atoms in total. The van der Waals surface area contributed by atoms with Crippen LogP contribution < -0.4 is 4.74 Å². The molecule has 0 heterocycles. The topological polar surface area (TPSA) is 12.5 Å².